The van der Waals surface area contributed by atoms with Gasteiger partial charge in [0.1, 0.15) is 5.75 Å². The molecule has 0 saturated carbocycles. The maximum absolute atomic E-state index is 13.4. The van der Waals surface area contributed by atoms with Gasteiger partial charge in [0.2, 0.25) is 0 Å². The zero-order chi connectivity index (χ0) is 19.3. The molecule has 0 radical (unpaired) electrons. The van der Waals surface area contributed by atoms with Crippen molar-refractivity contribution in [1.82, 2.24) is 10.8 Å². The molecular weight excluding hydrogens is 353 g/mol. The summed E-state index contributed by atoms with van der Waals surface area (Å²) in [5, 5.41) is 10.5. The fraction of sp³-hybridized carbons (Fsp3) is 0.176. The third-order valence-electron chi connectivity index (χ3n) is 3.56. The van der Waals surface area contributed by atoms with Crippen molar-refractivity contribution in [2.45, 2.75) is 12.2 Å². The summed E-state index contributed by atoms with van der Waals surface area (Å²) in [6.45, 7) is 0. The summed E-state index contributed by atoms with van der Waals surface area (Å²) in [5.74, 6) is -1.30. The average Bonchev–Trinajstić information content (AvgIpc) is 2.64. The van der Waals surface area contributed by atoms with Gasteiger partial charge in [-0.2, -0.15) is 13.2 Å². The molecule has 1 atom stereocenters. The summed E-state index contributed by atoms with van der Waals surface area (Å²) < 4.78 is 45.0. The van der Waals surface area contributed by atoms with E-state index in [0.29, 0.717) is 5.75 Å². The Morgan fingerprint density at radius 3 is 1.92 bits per heavy atom. The number of hydroxylamine groups is 1. The molecule has 9 heteroatoms. The number of amides is 2. The van der Waals surface area contributed by atoms with E-state index in [1.165, 1.54) is 36.9 Å². The van der Waals surface area contributed by atoms with E-state index < -0.39 is 24.0 Å². The van der Waals surface area contributed by atoms with E-state index in [2.05, 4.69) is 0 Å². The zero-order valence-corrected chi connectivity index (χ0v) is 13.5. The van der Waals surface area contributed by atoms with Crippen LogP contribution in [0, 0.1) is 0 Å². The second-order valence-electron chi connectivity index (χ2n) is 5.24. The second kappa shape index (κ2) is 7.87. The van der Waals surface area contributed by atoms with Gasteiger partial charge >= 0.3 is 6.18 Å². The summed E-state index contributed by atoms with van der Waals surface area (Å²) in [4.78, 5) is 23.4. The van der Waals surface area contributed by atoms with Crippen LogP contribution in [0.5, 0.6) is 5.75 Å². The summed E-state index contributed by atoms with van der Waals surface area (Å²) in [5.41, 5.74) is 1.14. The maximum Gasteiger partial charge on any atom is 0.412 e. The molecule has 2 amide bonds. The van der Waals surface area contributed by atoms with Gasteiger partial charge in [0.15, 0.2) is 6.04 Å². The smallest absolute Gasteiger partial charge is 0.412 e. The van der Waals surface area contributed by atoms with Gasteiger partial charge in [0, 0.05) is 11.1 Å². The largest absolute Gasteiger partial charge is 0.497 e. The molecule has 26 heavy (non-hydrogen) atoms. The molecule has 0 heterocycles. The molecule has 3 N–H and O–H groups in total. The highest BCUT2D eigenvalue weighted by Crippen LogP contribution is 2.33. The van der Waals surface area contributed by atoms with Crippen molar-refractivity contribution in [3.63, 3.8) is 0 Å². The average molecular weight is 368 g/mol. The number of hydrogen-bond donors (Lipinski definition) is 3. The predicted molar refractivity (Wildman–Crippen MR) is 85.0 cm³/mol. The van der Waals surface area contributed by atoms with Gasteiger partial charge in [0.05, 0.1) is 7.11 Å². The first kappa shape index (κ1) is 19.3. The quantitative estimate of drug-likeness (QED) is 0.559. The Hall–Kier alpha value is -3.07. The molecule has 2 rings (SSSR count). The van der Waals surface area contributed by atoms with Gasteiger partial charge in [-0.3, -0.25) is 14.8 Å². The minimum atomic E-state index is -4.75. The van der Waals surface area contributed by atoms with Crippen LogP contribution >= 0.6 is 0 Å². The molecule has 0 fully saturated rings. The van der Waals surface area contributed by atoms with E-state index in [4.69, 9.17) is 9.94 Å². The molecule has 0 aliphatic carbocycles. The minimum absolute atomic E-state index is 0.0290. The summed E-state index contributed by atoms with van der Waals surface area (Å²) >= 11 is 0. The van der Waals surface area contributed by atoms with Crippen LogP contribution in [0.4, 0.5) is 13.2 Å². The Morgan fingerprint density at radius 2 is 1.46 bits per heavy atom. The molecule has 138 valence electrons. The van der Waals surface area contributed by atoms with E-state index in [9.17, 15) is 22.8 Å². The van der Waals surface area contributed by atoms with E-state index in [1.807, 2.05) is 5.32 Å². The van der Waals surface area contributed by atoms with Gasteiger partial charge in [-0.1, -0.05) is 12.1 Å². The molecule has 6 nitrogen and oxygen atoms in total. The molecule has 0 bridgehead atoms. The molecule has 0 aromatic heterocycles. The highest BCUT2D eigenvalue weighted by molar-refractivity contribution is 5.95. The number of hydrogen-bond acceptors (Lipinski definition) is 4. The van der Waals surface area contributed by atoms with Gasteiger partial charge < -0.3 is 10.1 Å². The predicted octanol–water partition coefficient (Wildman–Crippen LogP) is 2.85. The van der Waals surface area contributed by atoms with Crippen LogP contribution in [0.15, 0.2) is 48.5 Å². The Labute approximate surface area is 146 Å². The SMILES string of the molecule is COc1ccc(C(=O)NC(c2ccc(C(=O)NO)cc2)C(F)(F)F)cc1. The number of halogens is 3. The highest BCUT2D eigenvalue weighted by atomic mass is 19.4. The third-order valence-corrected chi connectivity index (χ3v) is 3.56. The van der Waals surface area contributed by atoms with Crippen LogP contribution in [0.1, 0.15) is 32.3 Å². The lowest BCUT2D eigenvalue weighted by molar-refractivity contribution is -0.155. The zero-order valence-electron chi connectivity index (χ0n) is 13.5. The van der Waals surface area contributed by atoms with Crippen molar-refractivity contribution < 1.29 is 32.7 Å². The first-order valence-electron chi connectivity index (χ1n) is 7.32. The molecule has 0 aliphatic heterocycles. The number of nitrogens with one attached hydrogen (secondary N) is 2. The van der Waals surface area contributed by atoms with Crippen molar-refractivity contribution in [3.8, 4) is 5.75 Å². The Balaban J connectivity index is 2.24. The van der Waals surface area contributed by atoms with Crippen LogP contribution in [0.2, 0.25) is 0 Å². The fourth-order valence-corrected chi connectivity index (χ4v) is 2.20. The van der Waals surface area contributed by atoms with Gasteiger partial charge in [-0.15, -0.1) is 0 Å². The fourth-order valence-electron chi connectivity index (χ4n) is 2.20. The molecule has 0 spiro atoms. The van der Waals surface area contributed by atoms with Crippen molar-refractivity contribution >= 4 is 11.8 Å². The Bertz CT molecular complexity index is 774. The van der Waals surface area contributed by atoms with Crippen molar-refractivity contribution in [2.24, 2.45) is 0 Å². The lowest BCUT2D eigenvalue weighted by Gasteiger charge is -2.22. The van der Waals surface area contributed by atoms with Crippen LogP contribution in [0.3, 0.4) is 0 Å². The first-order chi connectivity index (χ1) is 12.3. The van der Waals surface area contributed by atoms with Crippen LogP contribution < -0.4 is 15.5 Å². The molecule has 1 unspecified atom stereocenters. The second-order valence-corrected chi connectivity index (χ2v) is 5.24. The number of benzene rings is 2. The molecule has 2 aromatic rings. The monoisotopic (exact) mass is 368 g/mol. The number of carbonyl (C=O) groups excluding carboxylic acids is 2. The van der Waals surface area contributed by atoms with Gasteiger partial charge in [0.25, 0.3) is 11.8 Å². The maximum atomic E-state index is 13.4. The number of alkyl halides is 3. The first-order valence-corrected chi connectivity index (χ1v) is 7.32. The number of ether oxygens (including phenoxy) is 1. The number of methoxy groups -OCH3 is 1. The van der Waals surface area contributed by atoms with Crippen molar-refractivity contribution in [3.05, 3.63) is 65.2 Å². The van der Waals surface area contributed by atoms with Crippen LogP contribution in [-0.2, 0) is 0 Å². The van der Waals surface area contributed by atoms with E-state index in [-0.39, 0.29) is 16.7 Å². The summed E-state index contributed by atoms with van der Waals surface area (Å²) in [6, 6.07) is 7.67. The van der Waals surface area contributed by atoms with Gasteiger partial charge in [-0.25, -0.2) is 5.48 Å². The van der Waals surface area contributed by atoms with Crippen molar-refractivity contribution in [2.75, 3.05) is 7.11 Å². The highest BCUT2D eigenvalue weighted by Gasteiger charge is 2.42. The molecule has 2 aromatic carbocycles. The Kier molecular flexibility index (Phi) is 5.83. The molecular formula is C17H15F3N2O4. The number of carbonyl (C=O) groups is 2. The normalized spacial score (nSPS) is 12.2. The van der Waals surface area contributed by atoms with E-state index in [0.717, 1.165) is 24.3 Å². The van der Waals surface area contributed by atoms with Crippen LogP contribution in [-0.4, -0.2) is 30.3 Å². The van der Waals surface area contributed by atoms with E-state index >= 15 is 0 Å². The Morgan fingerprint density at radius 1 is 0.962 bits per heavy atom. The lowest BCUT2D eigenvalue weighted by Crippen LogP contribution is -2.38. The topological polar surface area (TPSA) is 87.7 Å². The summed E-state index contributed by atoms with van der Waals surface area (Å²) in [7, 11) is 1.43. The molecule has 0 aliphatic rings. The van der Waals surface area contributed by atoms with Crippen LogP contribution in [0.25, 0.3) is 0 Å². The van der Waals surface area contributed by atoms with Gasteiger partial charge in [-0.05, 0) is 42.0 Å². The summed E-state index contributed by atoms with van der Waals surface area (Å²) in [6.07, 6.45) is -4.75. The minimum Gasteiger partial charge on any atom is -0.497 e. The van der Waals surface area contributed by atoms with Crippen molar-refractivity contribution in [1.29, 1.82) is 0 Å². The lowest BCUT2D eigenvalue weighted by atomic mass is 10.0. The van der Waals surface area contributed by atoms with E-state index in [1.54, 1.807) is 0 Å². The third kappa shape index (κ3) is 4.51. The number of rotatable bonds is 5. The standard InChI is InChI=1S/C17H15F3N2O4/c1-26-13-8-6-11(7-9-13)15(23)21-14(17(18,19)20)10-2-4-12(5-3-10)16(24)22-25/h2-9,14,25H,1H3,(H,21,23)(H,22,24). The molecule has 0 saturated heterocycles.